The van der Waals surface area contributed by atoms with Crippen molar-refractivity contribution in [1.82, 2.24) is 10.2 Å². The van der Waals surface area contributed by atoms with Crippen molar-refractivity contribution in [3.05, 3.63) is 20.8 Å². The highest BCUT2D eigenvalue weighted by atomic mass is 79.9. The molecule has 1 N–H and O–H groups in total. The van der Waals surface area contributed by atoms with Gasteiger partial charge in [-0.1, -0.05) is 19.8 Å². The van der Waals surface area contributed by atoms with Gasteiger partial charge in [-0.25, -0.2) is 0 Å². The number of hydrogen-bond acceptors (Lipinski definition) is 3. The second kappa shape index (κ2) is 7.12. The predicted octanol–water partition coefficient (Wildman–Crippen LogP) is 4.44. The zero-order valence-electron chi connectivity index (χ0n) is 13.0. The van der Waals surface area contributed by atoms with Gasteiger partial charge in [0.1, 0.15) is 0 Å². The lowest BCUT2D eigenvalue weighted by molar-refractivity contribution is 0.0775. The van der Waals surface area contributed by atoms with Gasteiger partial charge in [-0.2, -0.15) is 0 Å². The first-order valence-corrected chi connectivity index (χ1v) is 10.1. The van der Waals surface area contributed by atoms with Crippen molar-refractivity contribution in [1.29, 1.82) is 0 Å². The lowest BCUT2D eigenvalue weighted by atomic mass is 9.83. The van der Waals surface area contributed by atoms with Gasteiger partial charge < -0.3 is 5.32 Å². The highest BCUT2D eigenvalue weighted by Gasteiger charge is 2.46. The molecule has 1 atom stereocenters. The number of hydrogen-bond donors (Lipinski definition) is 1. The first kappa shape index (κ1) is 16.0. The normalized spacial score (nSPS) is 23.7. The van der Waals surface area contributed by atoms with Crippen molar-refractivity contribution in [3.8, 4) is 0 Å². The molecule has 2 fully saturated rings. The number of nitrogens with zero attached hydrogens (tertiary/aromatic N) is 1. The smallest absolute Gasteiger partial charge is 0.0366 e. The van der Waals surface area contributed by atoms with Crippen LogP contribution in [0.4, 0.5) is 0 Å². The fourth-order valence-electron chi connectivity index (χ4n) is 4.39. The van der Waals surface area contributed by atoms with Crippen LogP contribution in [-0.2, 0) is 6.42 Å². The van der Waals surface area contributed by atoms with Gasteiger partial charge in [0.25, 0.3) is 0 Å². The number of thiophene rings is 1. The molecule has 2 nitrogen and oxygen atoms in total. The van der Waals surface area contributed by atoms with E-state index in [1.165, 1.54) is 67.4 Å². The van der Waals surface area contributed by atoms with Gasteiger partial charge in [-0.3, -0.25) is 4.90 Å². The molecule has 1 aliphatic heterocycles. The van der Waals surface area contributed by atoms with Gasteiger partial charge in [-0.05, 0) is 72.7 Å². The Bertz CT molecular complexity index is 447. The average molecular weight is 371 g/mol. The Balaban J connectivity index is 1.84. The number of likely N-dealkylation sites (tertiary alicyclic amines) is 1. The van der Waals surface area contributed by atoms with Crippen LogP contribution < -0.4 is 5.32 Å². The summed E-state index contributed by atoms with van der Waals surface area (Å²) in [5, 5.41) is 6.06. The third kappa shape index (κ3) is 3.24. The molecule has 1 unspecified atom stereocenters. The van der Waals surface area contributed by atoms with E-state index in [9.17, 15) is 0 Å². The molecule has 0 aromatic carbocycles. The molecule has 118 valence electrons. The molecule has 2 heterocycles. The minimum Gasteiger partial charge on any atom is -0.312 e. The van der Waals surface area contributed by atoms with Crippen LogP contribution in [0.15, 0.2) is 15.9 Å². The number of rotatable bonds is 6. The monoisotopic (exact) mass is 370 g/mol. The molecule has 2 aliphatic rings. The molecule has 0 spiro atoms. The van der Waals surface area contributed by atoms with Crippen molar-refractivity contribution in [2.75, 3.05) is 19.6 Å². The summed E-state index contributed by atoms with van der Waals surface area (Å²) in [6, 6.07) is 2.79. The molecule has 0 radical (unpaired) electrons. The van der Waals surface area contributed by atoms with Gasteiger partial charge in [0.15, 0.2) is 0 Å². The maximum atomic E-state index is 3.85. The summed E-state index contributed by atoms with van der Waals surface area (Å²) >= 11 is 5.62. The highest BCUT2D eigenvalue weighted by Crippen LogP contribution is 2.41. The van der Waals surface area contributed by atoms with E-state index >= 15 is 0 Å². The van der Waals surface area contributed by atoms with Crippen LogP contribution >= 0.6 is 27.3 Å². The van der Waals surface area contributed by atoms with Crippen molar-refractivity contribution < 1.29 is 0 Å². The van der Waals surface area contributed by atoms with Crippen LogP contribution in [0.3, 0.4) is 0 Å². The molecule has 1 aromatic rings. The van der Waals surface area contributed by atoms with Gasteiger partial charge in [0.2, 0.25) is 0 Å². The third-order valence-corrected chi connectivity index (χ3v) is 7.33. The Labute approximate surface area is 141 Å². The Hall–Kier alpha value is 0.1000. The van der Waals surface area contributed by atoms with Crippen molar-refractivity contribution in [3.63, 3.8) is 0 Å². The van der Waals surface area contributed by atoms with Gasteiger partial charge in [-0.15, -0.1) is 11.3 Å². The van der Waals surface area contributed by atoms with Crippen LogP contribution in [0.25, 0.3) is 0 Å². The highest BCUT2D eigenvalue weighted by molar-refractivity contribution is 9.10. The first-order chi connectivity index (χ1) is 10.3. The Kier molecular flexibility index (Phi) is 5.41. The van der Waals surface area contributed by atoms with Crippen molar-refractivity contribution in [2.45, 2.75) is 63.5 Å². The summed E-state index contributed by atoms with van der Waals surface area (Å²) in [4.78, 5) is 4.33. The molecule has 3 rings (SSSR count). The van der Waals surface area contributed by atoms with Crippen LogP contribution in [-0.4, -0.2) is 36.1 Å². The lowest BCUT2D eigenvalue weighted by Crippen LogP contribution is -2.60. The molecular weight excluding hydrogens is 344 g/mol. The fourth-order valence-corrected chi connectivity index (χ4v) is 5.95. The minimum atomic E-state index is 0.413. The molecule has 0 bridgehead atoms. The number of likely N-dealkylation sites (N-methyl/N-ethyl adjacent to an activating group) is 1. The summed E-state index contributed by atoms with van der Waals surface area (Å²) < 4.78 is 1.30. The van der Waals surface area contributed by atoms with Crippen molar-refractivity contribution in [2.24, 2.45) is 0 Å². The zero-order valence-corrected chi connectivity index (χ0v) is 15.4. The Morgan fingerprint density at radius 3 is 2.57 bits per heavy atom. The van der Waals surface area contributed by atoms with E-state index < -0.39 is 0 Å². The number of nitrogens with one attached hydrogen (secondary N) is 1. The van der Waals surface area contributed by atoms with E-state index in [2.05, 4.69) is 44.5 Å². The van der Waals surface area contributed by atoms with Crippen LogP contribution in [0.5, 0.6) is 0 Å². The summed E-state index contributed by atoms with van der Waals surface area (Å²) in [6.07, 6.45) is 9.53. The van der Waals surface area contributed by atoms with Crippen LogP contribution in [0.1, 0.15) is 50.3 Å². The SMILES string of the molecule is CCNC(Cc1sccc1Br)C1(N2CCCC2)CCCC1. The second-order valence-corrected chi connectivity index (χ2v) is 8.37. The third-order valence-electron chi connectivity index (χ3n) is 5.38. The molecule has 1 aliphatic carbocycles. The largest absolute Gasteiger partial charge is 0.312 e. The minimum absolute atomic E-state index is 0.413. The summed E-state index contributed by atoms with van der Waals surface area (Å²) in [6.45, 7) is 5.95. The lowest BCUT2D eigenvalue weighted by Gasteiger charge is -2.45. The zero-order chi connectivity index (χ0) is 14.7. The van der Waals surface area contributed by atoms with E-state index in [1.807, 2.05) is 11.3 Å². The van der Waals surface area contributed by atoms with Gasteiger partial charge in [0.05, 0.1) is 0 Å². The topological polar surface area (TPSA) is 15.3 Å². The molecular formula is C17H27BrN2S. The second-order valence-electron chi connectivity index (χ2n) is 6.51. The fraction of sp³-hybridized carbons (Fsp3) is 0.765. The van der Waals surface area contributed by atoms with E-state index in [4.69, 9.17) is 0 Å². The quantitative estimate of drug-likeness (QED) is 0.795. The molecule has 4 heteroatoms. The van der Waals surface area contributed by atoms with E-state index in [0.717, 1.165) is 6.54 Å². The van der Waals surface area contributed by atoms with E-state index in [0.29, 0.717) is 11.6 Å². The van der Waals surface area contributed by atoms with Crippen LogP contribution in [0.2, 0.25) is 0 Å². The van der Waals surface area contributed by atoms with E-state index in [1.54, 1.807) is 0 Å². The Morgan fingerprint density at radius 2 is 2.00 bits per heavy atom. The van der Waals surface area contributed by atoms with Crippen molar-refractivity contribution >= 4 is 27.3 Å². The molecule has 0 amide bonds. The maximum absolute atomic E-state index is 3.85. The van der Waals surface area contributed by atoms with Gasteiger partial charge in [0, 0.05) is 27.4 Å². The van der Waals surface area contributed by atoms with Gasteiger partial charge >= 0.3 is 0 Å². The maximum Gasteiger partial charge on any atom is 0.0366 e. The van der Waals surface area contributed by atoms with Crippen LogP contribution in [0, 0.1) is 0 Å². The average Bonchev–Trinajstić information content (AvgIpc) is 3.20. The Morgan fingerprint density at radius 1 is 1.29 bits per heavy atom. The summed E-state index contributed by atoms with van der Waals surface area (Å²) in [7, 11) is 0. The number of halogens is 1. The molecule has 1 saturated heterocycles. The standard InChI is InChI=1S/C17H27BrN2S/c1-2-19-16(13-15-14(18)7-12-21-15)17(8-3-4-9-17)20-10-5-6-11-20/h7,12,16,19H,2-6,8-11,13H2,1H3. The first-order valence-electron chi connectivity index (χ1n) is 8.46. The molecule has 21 heavy (non-hydrogen) atoms. The van der Waals surface area contributed by atoms with E-state index in [-0.39, 0.29) is 0 Å². The summed E-state index contributed by atoms with van der Waals surface area (Å²) in [5.41, 5.74) is 0.413. The molecule has 1 saturated carbocycles. The summed E-state index contributed by atoms with van der Waals surface area (Å²) in [5.74, 6) is 0. The predicted molar refractivity (Wildman–Crippen MR) is 95.2 cm³/mol. The molecule has 1 aromatic heterocycles.